The average molecular weight is 477 g/mol. The summed E-state index contributed by atoms with van der Waals surface area (Å²) in [4.78, 5) is 22.6. The average Bonchev–Trinajstić information content (AvgIpc) is 3.42. The topological polar surface area (TPSA) is 93.0 Å². The number of amides is 1. The second-order valence-electron chi connectivity index (χ2n) is 9.29. The van der Waals surface area contributed by atoms with Crippen LogP contribution in [0.1, 0.15) is 51.4 Å². The van der Waals surface area contributed by atoms with Crippen molar-refractivity contribution in [1.82, 2.24) is 14.9 Å². The molecular formula is C30H28N4O2. The third-order valence-corrected chi connectivity index (χ3v) is 7.11. The van der Waals surface area contributed by atoms with Gasteiger partial charge in [0.25, 0.3) is 5.91 Å². The highest BCUT2D eigenvalue weighted by molar-refractivity contribution is 5.92. The zero-order valence-electron chi connectivity index (χ0n) is 20.0. The maximum atomic E-state index is 13.2. The third-order valence-electron chi connectivity index (χ3n) is 7.11. The lowest BCUT2D eigenvalue weighted by Gasteiger charge is -2.42. The van der Waals surface area contributed by atoms with E-state index in [1.807, 2.05) is 77.7 Å². The first kappa shape index (κ1) is 23.5. The van der Waals surface area contributed by atoms with E-state index >= 15 is 0 Å². The van der Waals surface area contributed by atoms with Crippen LogP contribution in [-0.2, 0) is 12.0 Å². The minimum absolute atomic E-state index is 0.0138. The van der Waals surface area contributed by atoms with Crippen molar-refractivity contribution in [3.63, 3.8) is 0 Å². The number of H-pyrrole nitrogens is 1. The molecule has 0 bridgehead atoms. The molecule has 2 heterocycles. The standard InChI is InChI=1S/C30H28N4O2/c31-20-23-13-11-22(12-14-23)19-28-32-21-27(33-28)29(35)34-17-15-26(16-18-34)30(36,24-7-3-1-4-8-24)25-9-5-2-6-10-25/h1-14,21,26,36H,15-19H2,(H,32,33). The molecule has 6 heteroatoms. The molecule has 0 atom stereocenters. The number of carbonyl (C=O) groups excluding carboxylic acids is 1. The molecule has 0 spiro atoms. The summed E-state index contributed by atoms with van der Waals surface area (Å²) in [6.07, 6.45) is 3.54. The van der Waals surface area contributed by atoms with Crippen LogP contribution in [0.3, 0.4) is 0 Å². The van der Waals surface area contributed by atoms with Crippen LogP contribution in [0.4, 0.5) is 0 Å². The van der Waals surface area contributed by atoms with Gasteiger partial charge in [0.05, 0.1) is 17.8 Å². The Kier molecular flexibility index (Phi) is 6.66. The van der Waals surface area contributed by atoms with E-state index in [0.29, 0.717) is 49.4 Å². The minimum atomic E-state index is -1.11. The number of aromatic nitrogens is 2. The predicted octanol–water partition coefficient (Wildman–Crippen LogP) is 4.66. The van der Waals surface area contributed by atoms with Crippen LogP contribution in [0.5, 0.6) is 0 Å². The van der Waals surface area contributed by atoms with Gasteiger partial charge in [-0.2, -0.15) is 5.26 Å². The van der Waals surface area contributed by atoms with E-state index in [9.17, 15) is 9.90 Å². The van der Waals surface area contributed by atoms with Gasteiger partial charge in [0.15, 0.2) is 0 Å². The summed E-state index contributed by atoms with van der Waals surface area (Å²) in [5.74, 6) is 0.621. The molecule has 1 aliphatic heterocycles. The van der Waals surface area contributed by atoms with Crippen LogP contribution in [0.25, 0.3) is 0 Å². The number of carbonyl (C=O) groups is 1. The number of hydrogen-bond donors (Lipinski definition) is 2. The molecule has 3 aromatic carbocycles. The van der Waals surface area contributed by atoms with E-state index in [4.69, 9.17) is 5.26 Å². The summed E-state index contributed by atoms with van der Waals surface area (Å²) < 4.78 is 0. The van der Waals surface area contributed by atoms with Crippen LogP contribution in [0.2, 0.25) is 0 Å². The molecule has 6 nitrogen and oxygen atoms in total. The molecule has 2 N–H and O–H groups in total. The van der Waals surface area contributed by atoms with Crippen molar-refractivity contribution in [2.24, 2.45) is 5.92 Å². The van der Waals surface area contributed by atoms with Crippen LogP contribution < -0.4 is 0 Å². The predicted molar refractivity (Wildman–Crippen MR) is 137 cm³/mol. The van der Waals surface area contributed by atoms with Gasteiger partial charge < -0.3 is 15.0 Å². The molecule has 1 aliphatic rings. The number of nitrogens with one attached hydrogen (secondary N) is 1. The molecule has 1 saturated heterocycles. The quantitative estimate of drug-likeness (QED) is 0.423. The van der Waals surface area contributed by atoms with Crippen molar-refractivity contribution in [2.75, 3.05) is 13.1 Å². The van der Waals surface area contributed by atoms with Crippen molar-refractivity contribution in [3.8, 4) is 6.07 Å². The highest BCUT2D eigenvalue weighted by Crippen LogP contribution is 2.42. The number of benzene rings is 3. The molecule has 5 rings (SSSR count). The maximum absolute atomic E-state index is 13.2. The number of aromatic amines is 1. The number of imidazole rings is 1. The van der Waals surface area contributed by atoms with Crippen LogP contribution in [0.15, 0.2) is 91.1 Å². The third kappa shape index (κ3) is 4.66. The number of rotatable bonds is 6. The Balaban J connectivity index is 1.27. The Hall–Kier alpha value is -4.21. The molecule has 0 radical (unpaired) electrons. The van der Waals surface area contributed by atoms with Gasteiger partial charge in [0.1, 0.15) is 17.1 Å². The fourth-order valence-electron chi connectivity index (χ4n) is 5.14. The summed E-state index contributed by atoms with van der Waals surface area (Å²) in [6.45, 7) is 1.13. The van der Waals surface area contributed by atoms with Gasteiger partial charge in [-0.15, -0.1) is 0 Å². The molecule has 0 unspecified atom stereocenters. The highest BCUT2D eigenvalue weighted by atomic mass is 16.3. The Morgan fingerprint density at radius 3 is 2.11 bits per heavy atom. The van der Waals surface area contributed by atoms with Crippen molar-refractivity contribution in [1.29, 1.82) is 5.26 Å². The molecule has 0 aliphatic carbocycles. The summed E-state index contributed by atoms with van der Waals surface area (Å²) in [5, 5.41) is 21.0. The fraction of sp³-hybridized carbons (Fsp3) is 0.233. The molecule has 36 heavy (non-hydrogen) atoms. The van der Waals surface area contributed by atoms with Gasteiger partial charge >= 0.3 is 0 Å². The number of nitrogens with zero attached hydrogens (tertiary/aromatic N) is 3. The van der Waals surface area contributed by atoms with Crippen LogP contribution in [-0.4, -0.2) is 39.0 Å². The second kappa shape index (κ2) is 10.2. The number of aliphatic hydroxyl groups is 1. The van der Waals surface area contributed by atoms with Crippen LogP contribution in [0, 0.1) is 17.2 Å². The highest BCUT2D eigenvalue weighted by Gasteiger charge is 2.42. The van der Waals surface area contributed by atoms with E-state index < -0.39 is 5.60 Å². The van der Waals surface area contributed by atoms with E-state index in [-0.39, 0.29) is 11.8 Å². The molecule has 1 fully saturated rings. The van der Waals surface area contributed by atoms with Gasteiger partial charge in [-0.25, -0.2) is 4.98 Å². The summed E-state index contributed by atoms with van der Waals surface area (Å²) in [6, 6.07) is 29.1. The van der Waals surface area contributed by atoms with Gasteiger partial charge in [-0.05, 0) is 47.6 Å². The molecule has 1 amide bonds. The smallest absolute Gasteiger partial charge is 0.271 e. The molecular weight excluding hydrogens is 448 g/mol. The summed E-state index contributed by atoms with van der Waals surface area (Å²) in [7, 11) is 0. The van der Waals surface area contributed by atoms with E-state index in [2.05, 4.69) is 16.0 Å². The first-order valence-corrected chi connectivity index (χ1v) is 12.2. The molecule has 0 saturated carbocycles. The zero-order chi connectivity index (χ0) is 25.0. The van der Waals surface area contributed by atoms with Gasteiger partial charge in [-0.1, -0.05) is 72.8 Å². The lowest BCUT2D eigenvalue weighted by atomic mass is 9.72. The monoisotopic (exact) mass is 476 g/mol. The summed E-state index contributed by atoms with van der Waals surface area (Å²) in [5.41, 5.74) is 2.75. The van der Waals surface area contributed by atoms with Crippen molar-refractivity contribution in [2.45, 2.75) is 24.9 Å². The van der Waals surface area contributed by atoms with Crippen molar-refractivity contribution >= 4 is 5.91 Å². The zero-order valence-corrected chi connectivity index (χ0v) is 20.0. The number of hydrogen-bond acceptors (Lipinski definition) is 4. The van der Waals surface area contributed by atoms with E-state index in [0.717, 1.165) is 16.7 Å². The van der Waals surface area contributed by atoms with Crippen molar-refractivity contribution < 1.29 is 9.90 Å². The number of likely N-dealkylation sites (tertiary alicyclic amines) is 1. The molecule has 1 aromatic heterocycles. The summed E-state index contributed by atoms with van der Waals surface area (Å²) >= 11 is 0. The largest absolute Gasteiger partial charge is 0.380 e. The number of nitriles is 1. The first-order chi connectivity index (χ1) is 17.6. The van der Waals surface area contributed by atoms with Crippen LogP contribution >= 0.6 is 0 Å². The molecule has 4 aromatic rings. The molecule has 180 valence electrons. The lowest BCUT2D eigenvalue weighted by molar-refractivity contribution is -0.0123. The Morgan fingerprint density at radius 2 is 1.56 bits per heavy atom. The van der Waals surface area contributed by atoms with Gasteiger partial charge in [-0.3, -0.25) is 4.79 Å². The Bertz CT molecular complexity index is 1310. The maximum Gasteiger partial charge on any atom is 0.271 e. The Labute approximate surface area is 210 Å². The minimum Gasteiger partial charge on any atom is -0.380 e. The number of piperidine rings is 1. The SMILES string of the molecule is N#Cc1ccc(Cc2ncc(C(=O)N3CCC(C(O)(c4ccccc4)c4ccccc4)CC3)[nH]2)cc1. The van der Waals surface area contributed by atoms with Crippen molar-refractivity contribution in [3.05, 3.63) is 125 Å². The lowest BCUT2D eigenvalue weighted by Crippen LogP contribution is -2.46. The second-order valence-corrected chi connectivity index (χ2v) is 9.29. The Morgan fingerprint density at radius 1 is 0.972 bits per heavy atom. The van der Waals surface area contributed by atoms with Gasteiger partial charge in [0.2, 0.25) is 0 Å². The fourth-order valence-corrected chi connectivity index (χ4v) is 5.14. The van der Waals surface area contributed by atoms with E-state index in [1.165, 1.54) is 0 Å². The first-order valence-electron chi connectivity index (χ1n) is 12.2. The van der Waals surface area contributed by atoms with Gasteiger partial charge in [0, 0.05) is 19.5 Å². The van der Waals surface area contributed by atoms with E-state index in [1.54, 1.807) is 18.3 Å². The normalized spacial score (nSPS) is 14.4.